The Hall–Kier alpha value is -4.52. The van der Waals surface area contributed by atoms with E-state index in [4.69, 9.17) is 30.8 Å². The van der Waals surface area contributed by atoms with E-state index in [1.807, 2.05) is 0 Å². The number of ether oxygens (including phenoxy) is 1. The van der Waals surface area contributed by atoms with Crippen LogP contribution < -0.4 is 5.43 Å². The molecule has 0 aliphatic carbocycles. The Labute approximate surface area is 348 Å². The standard InChI is InChI=1S/C41H40F5N3O3S/c1-27-6-15-36-34(22-27)37(50)23-39(53-26-31-4-3-5-35(42)40(31)43)49(36)25-38(51)48(33-16-18-47(19-17-33)20-21-52-2)24-28-7-9-29(10-8-28)30-11-13-32(14-12-30)41(44,45)46/h3-15,22-23,33H,16-21,24-26H2,1-2H3/i3D,4D,5D,6D,7D,8D,9D,10D,11D,12D,13D,14D,15D,16D2,17D2,18D2,19D2,22D,23D,24D2,25D2,33D. The number of thioether (sulfide) groups is 1. The first kappa shape index (κ1) is 16.5. The van der Waals surface area contributed by atoms with Gasteiger partial charge in [0.05, 0.1) is 50.1 Å². The van der Waals surface area contributed by atoms with Crippen molar-refractivity contribution in [1.82, 2.24) is 14.4 Å². The van der Waals surface area contributed by atoms with Crippen LogP contribution in [-0.2, 0) is 34.5 Å². The number of carbonyl (C=O) groups is 1. The van der Waals surface area contributed by atoms with Crippen LogP contribution in [0.5, 0.6) is 0 Å². The largest absolute Gasteiger partial charge is 0.416 e. The molecule has 1 aliphatic heterocycles. The van der Waals surface area contributed by atoms with E-state index in [9.17, 15) is 34.7 Å². The molecular weight excluding hydrogens is 710 g/mol. The number of likely N-dealkylation sites (tertiary alicyclic amines) is 1. The maximum absolute atomic E-state index is 16.0. The number of hydrogen-bond donors (Lipinski definition) is 0. The maximum atomic E-state index is 16.0. The van der Waals surface area contributed by atoms with Crippen molar-refractivity contribution in [2.75, 3.05) is 33.3 Å². The minimum Gasteiger partial charge on any atom is -0.383 e. The molecule has 0 bridgehead atoms. The number of alkyl halides is 3. The highest BCUT2D eigenvalue weighted by Crippen LogP contribution is 2.32. The SMILES string of the molecule is [2H]c1c([2H])c(F)c(F)c(CSc2c([2H])c(=O)c3c([2H])c(C)c([2H])c([2H])c3n2C([2H])([2H])C(=O)N(C([2H])([2H])c2c([2H])c([2H])c(-c3c([2H])c([2H])c(C(F)(F)F)c([2H])c3[2H])c([2H])c2[2H])C2([2H])C([2H])([2H])C([2H])([2H])N(CCOC)C([2H])([2H])C2([2H])[2H])c1[2H]. The highest BCUT2D eigenvalue weighted by Gasteiger charge is 2.31. The number of amides is 1. The minimum absolute atomic E-state index is 0.204. The topological polar surface area (TPSA) is 54.8 Å². The average Bonchev–Trinajstić information content (AvgIpc) is 3.35. The fourth-order valence-corrected chi connectivity index (χ4v) is 5.15. The number of carbonyl (C=O) groups excluding carboxylic acids is 1. The van der Waals surface area contributed by atoms with Crippen molar-refractivity contribution in [3.8, 4) is 11.1 Å². The van der Waals surface area contributed by atoms with Gasteiger partial charge in [0.2, 0.25) is 5.91 Å². The van der Waals surface area contributed by atoms with Gasteiger partial charge >= 0.3 is 6.18 Å². The summed E-state index contributed by atoms with van der Waals surface area (Å²) in [7, 11) is 0.978. The molecular formula is C41H40F5N3O3S. The smallest absolute Gasteiger partial charge is 0.383 e. The lowest BCUT2D eigenvalue weighted by Crippen LogP contribution is -2.48. The second-order valence-corrected chi connectivity index (χ2v) is 11.4. The third-order valence-electron chi connectivity index (χ3n) is 6.77. The summed E-state index contributed by atoms with van der Waals surface area (Å²) in [5, 5.41) is -2.64. The van der Waals surface area contributed by atoms with Gasteiger partial charge in [-0.2, -0.15) is 13.2 Å². The third kappa shape index (κ3) is 9.17. The van der Waals surface area contributed by atoms with Crippen LogP contribution in [0.2, 0.25) is 0 Å². The fourth-order valence-electron chi connectivity index (χ4n) is 4.24. The summed E-state index contributed by atoms with van der Waals surface area (Å²) in [6, 6.07) is -28.5. The van der Waals surface area contributed by atoms with Crippen molar-refractivity contribution in [1.29, 1.82) is 0 Å². The van der Waals surface area contributed by atoms with E-state index in [0.29, 0.717) is 0 Å². The Bertz CT molecular complexity index is 3470. The Morgan fingerprint density at radius 1 is 1.02 bits per heavy atom. The molecule has 53 heavy (non-hydrogen) atoms. The van der Waals surface area contributed by atoms with E-state index >= 15 is 9.18 Å². The van der Waals surface area contributed by atoms with Crippen LogP contribution in [0.4, 0.5) is 22.0 Å². The number of halogens is 5. The van der Waals surface area contributed by atoms with E-state index in [1.54, 1.807) is 0 Å². The van der Waals surface area contributed by atoms with Crippen molar-refractivity contribution in [2.24, 2.45) is 0 Å². The number of methoxy groups -OCH3 is 1. The predicted molar refractivity (Wildman–Crippen MR) is 198 cm³/mol. The average molecular weight is 778 g/mol. The van der Waals surface area contributed by atoms with Gasteiger partial charge in [-0.25, -0.2) is 8.78 Å². The van der Waals surface area contributed by atoms with Crippen LogP contribution >= 0.6 is 11.8 Å². The molecule has 1 fully saturated rings. The fraction of sp³-hybridized carbons (Fsp3) is 0.317. The van der Waals surface area contributed by atoms with Crippen LogP contribution in [0.25, 0.3) is 22.0 Å². The molecule has 0 atom stereocenters. The summed E-state index contributed by atoms with van der Waals surface area (Å²) in [6.07, 6.45) is -15.1. The molecule has 1 aromatic heterocycles. The Morgan fingerprint density at radius 3 is 2.36 bits per heavy atom. The molecule has 5 aromatic rings. The number of hydrogen-bond acceptors (Lipinski definition) is 5. The summed E-state index contributed by atoms with van der Waals surface area (Å²) in [6.45, 7) is -19.1. The van der Waals surface area contributed by atoms with E-state index < -0.39 is 238 Å². The van der Waals surface area contributed by atoms with Gasteiger partial charge in [0.1, 0.15) is 6.50 Å². The first-order chi connectivity index (χ1) is 36.6. The molecule has 12 heteroatoms. The normalized spacial score (nSPS) is 26.7. The Kier molecular flexibility index (Phi) is 5.17. The van der Waals surface area contributed by atoms with Gasteiger partial charge in [0.15, 0.2) is 17.1 Å². The molecule has 2 heterocycles. The van der Waals surface area contributed by atoms with Crippen molar-refractivity contribution < 1.29 is 69.9 Å². The summed E-state index contributed by atoms with van der Waals surface area (Å²) in [5.41, 5.74) is -11.8. The number of aromatic nitrogens is 1. The van der Waals surface area contributed by atoms with Gasteiger partial charge < -0.3 is 19.1 Å². The van der Waals surface area contributed by atoms with Crippen LogP contribution in [0.15, 0.2) is 100 Å². The highest BCUT2D eigenvalue weighted by atomic mass is 32.2. The summed E-state index contributed by atoms with van der Waals surface area (Å²) in [5.74, 6) is -8.39. The molecule has 1 amide bonds. The van der Waals surface area contributed by atoms with Gasteiger partial charge in [-0.3, -0.25) is 9.59 Å². The second-order valence-electron chi connectivity index (χ2n) is 10.4. The molecule has 4 aromatic carbocycles. The molecule has 0 unspecified atom stereocenters. The van der Waals surface area contributed by atoms with E-state index in [-0.39, 0.29) is 21.2 Å². The quantitative estimate of drug-likeness (QED) is 0.0938. The molecule has 278 valence electrons. The minimum atomic E-state index is -5.58. The Morgan fingerprint density at radius 2 is 1.70 bits per heavy atom. The molecule has 0 spiro atoms. The lowest BCUT2D eigenvalue weighted by molar-refractivity contribution is -0.137. The lowest BCUT2D eigenvalue weighted by atomic mass is 10.00. The Balaban J connectivity index is 1.84. The number of fused-ring (bicyclic) bond motifs is 1. The summed E-state index contributed by atoms with van der Waals surface area (Å²) < 4.78 is 326. The molecule has 0 N–H and O–H groups in total. The first-order valence-electron chi connectivity index (χ1n) is 28.8. The number of piperidine rings is 1. The van der Waals surface area contributed by atoms with Gasteiger partial charge in [0.25, 0.3) is 0 Å². The van der Waals surface area contributed by atoms with Crippen molar-refractivity contribution in [3.05, 3.63) is 135 Å². The van der Waals surface area contributed by atoms with E-state index in [1.165, 1.54) is 0 Å². The van der Waals surface area contributed by atoms with Crippen LogP contribution in [0, 0.1) is 18.6 Å². The second kappa shape index (κ2) is 16.7. The molecule has 1 saturated heterocycles. The van der Waals surface area contributed by atoms with Gasteiger partial charge in [-0.05, 0) is 66.6 Å². The number of rotatable bonds is 12. The number of pyridine rings is 1. The zero-order chi connectivity index (χ0) is 62.4. The maximum Gasteiger partial charge on any atom is 0.416 e. The summed E-state index contributed by atoms with van der Waals surface area (Å²) in [4.78, 5) is 28.7. The molecule has 0 radical (unpaired) electrons. The van der Waals surface area contributed by atoms with Crippen molar-refractivity contribution >= 4 is 28.6 Å². The highest BCUT2D eigenvalue weighted by molar-refractivity contribution is 7.98. The van der Waals surface area contributed by atoms with Crippen LogP contribution in [-0.4, -0.2) is 59.5 Å². The van der Waals surface area contributed by atoms with Crippen molar-refractivity contribution in [3.63, 3.8) is 0 Å². The van der Waals surface area contributed by atoms with Gasteiger partial charge in [0, 0.05) is 72.9 Å². The first-order valence-corrected chi connectivity index (χ1v) is 15.7. The molecule has 1 aliphatic rings. The summed E-state index contributed by atoms with van der Waals surface area (Å²) >= 11 is -0.221. The van der Waals surface area contributed by atoms with Crippen LogP contribution in [0.3, 0.4) is 0 Å². The zero-order valence-corrected chi connectivity index (χ0v) is 27.8. The van der Waals surface area contributed by atoms with E-state index in [0.717, 1.165) is 14.0 Å². The monoisotopic (exact) mass is 777 g/mol. The predicted octanol–water partition coefficient (Wildman–Crippen LogP) is 8.71. The third-order valence-corrected chi connectivity index (χ3v) is 7.76. The lowest BCUT2D eigenvalue weighted by Gasteiger charge is -2.39. The molecule has 0 saturated carbocycles. The van der Waals surface area contributed by atoms with Crippen molar-refractivity contribution in [2.45, 2.75) is 55.6 Å². The molecule has 6 rings (SSSR count). The zero-order valence-electron chi connectivity index (χ0n) is 55.0. The van der Waals surface area contributed by atoms with Crippen LogP contribution in [0.1, 0.15) is 73.4 Å². The van der Waals surface area contributed by atoms with E-state index in [2.05, 4.69) is 0 Å². The van der Waals surface area contributed by atoms with Gasteiger partial charge in [-0.15, -0.1) is 11.8 Å². The molecule has 6 nitrogen and oxygen atoms in total. The number of nitrogens with zero attached hydrogens (tertiary/aromatic N) is 3. The number of benzene rings is 4. The van der Waals surface area contributed by atoms with Gasteiger partial charge in [-0.1, -0.05) is 59.9 Å².